The molecule has 0 spiro atoms. The molecule has 116 valence electrons. The molecule has 0 bridgehead atoms. The Bertz CT molecular complexity index is 832. The number of aromatic nitrogens is 4. The second-order valence-electron chi connectivity index (χ2n) is 5.01. The lowest BCUT2D eigenvalue weighted by atomic mass is 10.1. The Balaban J connectivity index is 1.71. The van der Waals surface area contributed by atoms with Crippen LogP contribution in [0.15, 0.2) is 49.2 Å². The minimum Gasteiger partial charge on any atom is -0.348 e. The molecule has 0 unspecified atom stereocenters. The fourth-order valence-corrected chi connectivity index (χ4v) is 2.11. The van der Waals surface area contributed by atoms with Crippen molar-refractivity contribution in [1.82, 2.24) is 25.1 Å². The second-order valence-corrected chi connectivity index (χ2v) is 5.01. The molecule has 7 heteroatoms. The maximum atomic E-state index is 13.2. The van der Waals surface area contributed by atoms with Gasteiger partial charge < -0.3 is 5.32 Å². The highest BCUT2D eigenvalue weighted by molar-refractivity contribution is 5.94. The Kier molecular flexibility index (Phi) is 4.09. The highest BCUT2D eigenvalue weighted by atomic mass is 19.1. The third-order valence-electron chi connectivity index (χ3n) is 3.34. The summed E-state index contributed by atoms with van der Waals surface area (Å²) in [6.45, 7) is 2.01. The van der Waals surface area contributed by atoms with Crippen LogP contribution in [0.2, 0.25) is 0 Å². The van der Waals surface area contributed by atoms with Crippen molar-refractivity contribution in [3.63, 3.8) is 0 Å². The summed E-state index contributed by atoms with van der Waals surface area (Å²) in [5.74, 6) is 0.00945. The minimum atomic E-state index is -0.258. The number of hydrogen-bond donors (Lipinski definition) is 1. The lowest BCUT2D eigenvalue weighted by Crippen LogP contribution is -2.23. The van der Waals surface area contributed by atoms with Gasteiger partial charge in [0, 0.05) is 18.3 Å². The first-order valence-corrected chi connectivity index (χ1v) is 6.98. The zero-order chi connectivity index (χ0) is 16.2. The zero-order valence-electron chi connectivity index (χ0n) is 12.4. The number of aryl methyl sites for hydroxylation is 1. The number of carbonyl (C=O) groups is 1. The molecule has 0 fully saturated rings. The Hall–Kier alpha value is -3.09. The topological polar surface area (TPSA) is 72.7 Å². The van der Waals surface area contributed by atoms with E-state index in [1.807, 2.05) is 0 Å². The highest BCUT2D eigenvalue weighted by Crippen LogP contribution is 2.10. The van der Waals surface area contributed by atoms with Gasteiger partial charge in [0.2, 0.25) is 0 Å². The first kappa shape index (κ1) is 14.8. The molecule has 0 saturated heterocycles. The molecule has 3 rings (SSSR count). The summed E-state index contributed by atoms with van der Waals surface area (Å²) >= 11 is 0. The fraction of sp³-hybridized carbons (Fsp3) is 0.125. The average molecular weight is 311 g/mol. The summed E-state index contributed by atoms with van der Waals surface area (Å²) in [4.78, 5) is 20.2. The Morgan fingerprint density at radius 1 is 1.30 bits per heavy atom. The lowest BCUT2D eigenvalue weighted by Gasteiger charge is -2.07. The number of carbonyl (C=O) groups excluding carboxylic acids is 1. The molecule has 2 heterocycles. The molecule has 0 aliphatic carbocycles. The third kappa shape index (κ3) is 3.39. The first-order chi connectivity index (χ1) is 11.1. The van der Waals surface area contributed by atoms with Gasteiger partial charge in [-0.05, 0) is 36.2 Å². The van der Waals surface area contributed by atoms with Crippen molar-refractivity contribution < 1.29 is 9.18 Å². The van der Waals surface area contributed by atoms with Crippen LogP contribution < -0.4 is 5.32 Å². The number of nitrogens with zero attached hydrogens (tertiary/aromatic N) is 4. The number of nitrogens with one attached hydrogen (secondary N) is 1. The van der Waals surface area contributed by atoms with Crippen LogP contribution >= 0.6 is 0 Å². The summed E-state index contributed by atoms with van der Waals surface area (Å²) < 4.78 is 14.7. The Morgan fingerprint density at radius 3 is 2.91 bits per heavy atom. The van der Waals surface area contributed by atoms with Gasteiger partial charge in [0.25, 0.3) is 5.91 Å². The second kappa shape index (κ2) is 6.35. The molecule has 23 heavy (non-hydrogen) atoms. The van der Waals surface area contributed by atoms with E-state index in [9.17, 15) is 9.18 Å². The number of pyridine rings is 1. The van der Waals surface area contributed by atoms with Crippen molar-refractivity contribution in [3.8, 4) is 5.82 Å². The zero-order valence-corrected chi connectivity index (χ0v) is 12.4. The van der Waals surface area contributed by atoms with Gasteiger partial charge in [0.15, 0.2) is 5.82 Å². The van der Waals surface area contributed by atoms with E-state index in [0.717, 1.165) is 5.56 Å². The van der Waals surface area contributed by atoms with E-state index in [2.05, 4.69) is 20.4 Å². The minimum absolute atomic E-state index is 0.240. The summed E-state index contributed by atoms with van der Waals surface area (Å²) in [5, 5.41) is 6.77. The maximum absolute atomic E-state index is 13.2. The van der Waals surface area contributed by atoms with Crippen LogP contribution in [0.5, 0.6) is 0 Å². The van der Waals surface area contributed by atoms with Gasteiger partial charge >= 0.3 is 0 Å². The summed E-state index contributed by atoms with van der Waals surface area (Å²) in [6.07, 6.45) is 4.44. The summed E-state index contributed by atoms with van der Waals surface area (Å²) in [6, 6.07) is 8.00. The molecule has 1 N–H and O–H groups in total. The lowest BCUT2D eigenvalue weighted by molar-refractivity contribution is 0.0950. The van der Waals surface area contributed by atoms with Crippen molar-refractivity contribution >= 4 is 5.91 Å². The highest BCUT2D eigenvalue weighted by Gasteiger charge is 2.08. The van der Waals surface area contributed by atoms with Gasteiger partial charge in [-0.1, -0.05) is 12.1 Å². The van der Waals surface area contributed by atoms with Crippen LogP contribution in [0.3, 0.4) is 0 Å². The smallest absolute Gasteiger partial charge is 0.251 e. The predicted octanol–water partition coefficient (Wildman–Crippen LogP) is 2.04. The van der Waals surface area contributed by atoms with E-state index in [1.54, 1.807) is 31.2 Å². The summed E-state index contributed by atoms with van der Waals surface area (Å²) in [5.41, 5.74) is 1.85. The van der Waals surface area contributed by atoms with Gasteiger partial charge in [-0.15, -0.1) is 0 Å². The van der Waals surface area contributed by atoms with E-state index >= 15 is 0 Å². The van der Waals surface area contributed by atoms with E-state index in [4.69, 9.17) is 0 Å². The molecule has 0 aliphatic rings. The van der Waals surface area contributed by atoms with Crippen molar-refractivity contribution in [2.75, 3.05) is 0 Å². The number of halogens is 1. The van der Waals surface area contributed by atoms with E-state index in [0.29, 0.717) is 23.5 Å². The van der Waals surface area contributed by atoms with Gasteiger partial charge in [-0.2, -0.15) is 5.10 Å². The standard InChI is InChI=1S/C16H14FN5O/c1-11-6-12(2-3-14(11)17)8-20-16(23)13-4-5-19-15(7-13)22-10-18-9-21-22/h2-7,9-10H,8H2,1H3,(H,20,23). The number of hydrogen-bond acceptors (Lipinski definition) is 4. The molecule has 2 aromatic heterocycles. The van der Waals surface area contributed by atoms with Gasteiger partial charge in [0.05, 0.1) is 0 Å². The van der Waals surface area contributed by atoms with Gasteiger partial charge in [0.1, 0.15) is 18.5 Å². The SMILES string of the molecule is Cc1cc(CNC(=O)c2ccnc(-n3cncn3)c2)ccc1F. The molecule has 3 aromatic rings. The predicted molar refractivity (Wildman–Crippen MR) is 81.5 cm³/mol. The van der Waals surface area contributed by atoms with E-state index in [-0.39, 0.29) is 11.7 Å². The molecular formula is C16H14FN5O. The Labute approximate surface area is 132 Å². The van der Waals surface area contributed by atoms with Crippen LogP contribution in [0.4, 0.5) is 4.39 Å². The van der Waals surface area contributed by atoms with Crippen molar-refractivity contribution in [2.24, 2.45) is 0 Å². The largest absolute Gasteiger partial charge is 0.348 e. The maximum Gasteiger partial charge on any atom is 0.251 e. The molecule has 0 aliphatic heterocycles. The van der Waals surface area contributed by atoms with E-state index < -0.39 is 0 Å². The van der Waals surface area contributed by atoms with Gasteiger partial charge in [-0.3, -0.25) is 4.79 Å². The first-order valence-electron chi connectivity index (χ1n) is 6.98. The average Bonchev–Trinajstić information content (AvgIpc) is 3.10. The van der Waals surface area contributed by atoms with Crippen molar-refractivity contribution in [2.45, 2.75) is 13.5 Å². The third-order valence-corrected chi connectivity index (χ3v) is 3.34. The normalized spacial score (nSPS) is 10.5. The molecule has 6 nitrogen and oxygen atoms in total. The molecule has 0 radical (unpaired) electrons. The fourth-order valence-electron chi connectivity index (χ4n) is 2.11. The van der Waals surface area contributed by atoms with Crippen LogP contribution in [0.1, 0.15) is 21.5 Å². The number of rotatable bonds is 4. The van der Waals surface area contributed by atoms with Crippen LogP contribution in [0.25, 0.3) is 5.82 Å². The molecule has 1 amide bonds. The molecule has 1 aromatic carbocycles. The van der Waals surface area contributed by atoms with Crippen molar-refractivity contribution in [1.29, 1.82) is 0 Å². The number of benzene rings is 1. The molecular weight excluding hydrogens is 297 g/mol. The van der Waals surface area contributed by atoms with Gasteiger partial charge in [-0.25, -0.2) is 19.0 Å². The molecule has 0 atom stereocenters. The van der Waals surface area contributed by atoms with Crippen LogP contribution in [0, 0.1) is 12.7 Å². The summed E-state index contributed by atoms with van der Waals surface area (Å²) in [7, 11) is 0. The van der Waals surface area contributed by atoms with E-state index in [1.165, 1.54) is 29.6 Å². The monoisotopic (exact) mass is 311 g/mol. The van der Waals surface area contributed by atoms with Crippen LogP contribution in [-0.2, 0) is 6.54 Å². The molecule has 0 saturated carbocycles. The Morgan fingerprint density at radius 2 is 2.17 bits per heavy atom. The number of amides is 1. The van der Waals surface area contributed by atoms with Crippen LogP contribution in [-0.4, -0.2) is 25.7 Å². The quantitative estimate of drug-likeness (QED) is 0.800. The van der Waals surface area contributed by atoms with Crippen molar-refractivity contribution in [3.05, 3.63) is 71.7 Å².